The van der Waals surface area contributed by atoms with Crippen LogP contribution in [0.15, 0.2) is 17.2 Å². The minimum Gasteiger partial charge on any atom is -0.373 e. The van der Waals surface area contributed by atoms with Crippen molar-refractivity contribution in [2.45, 2.75) is 19.1 Å². The Morgan fingerprint density at radius 3 is 3.12 bits per heavy atom. The maximum absolute atomic E-state index is 12.0. The van der Waals surface area contributed by atoms with Crippen LogP contribution in [0.4, 0.5) is 5.82 Å². The Kier molecular flexibility index (Phi) is 3.83. The van der Waals surface area contributed by atoms with Gasteiger partial charge in [0.05, 0.1) is 18.8 Å². The molecule has 1 aromatic heterocycles. The van der Waals surface area contributed by atoms with Crippen LogP contribution in [0.3, 0.4) is 0 Å². The van der Waals surface area contributed by atoms with Crippen LogP contribution >= 0.6 is 15.9 Å². The molecule has 17 heavy (non-hydrogen) atoms. The molecule has 0 amide bonds. The molecule has 0 bridgehead atoms. The number of nitrogens with zero attached hydrogens (tertiary/aromatic N) is 3. The number of hydrogen-bond acceptors (Lipinski definition) is 4. The molecule has 6 heteroatoms. The van der Waals surface area contributed by atoms with Crippen molar-refractivity contribution in [2.75, 3.05) is 23.4 Å². The Labute approximate surface area is 109 Å². The van der Waals surface area contributed by atoms with Gasteiger partial charge in [0.2, 0.25) is 0 Å². The third-order valence-electron chi connectivity index (χ3n) is 2.95. The van der Waals surface area contributed by atoms with Crippen molar-refractivity contribution in [3.05, 3.63) is 22.7 Å². The molecule has 2 rings (SSSR count). The fraction of sp³-hybridized carbons (Fsp3) is 0.636. The van der Waals surface area contributed by atoms with Gasteiger partial charge in [-0.15, -0.1) is 0 Å². The predicted octanol–water partition coefficient (Wildman–Crippen LogP) is 0.769. The van der Waals surface area contributed by atoms with Crippen LogP contribution in [0, 0.1) is 0 Å². The van der Waals surface area contributed by atoms with E-state index in [2.05, 4.69) is 20.9 Å². The van der Waals surface area contributed by atoms with Crippen molar-refractivity contribution >= 4 is 21.7 Å². The van der Waals surface area contributed by atoms with Gasteiger partial charge in [-0.05, 0) is 6.92 Å². The summed E-state index contributed by atoms with van der Waals surface area (Å²) in [7, 11) is 1.74. The molecule has 0 aliphatic carbocycles. The standard InChI is InChI=1S/C11H16BrN3O2/c1-8-7-17-9(5-12)6-15(8)10-11(16)14(2)4-3-13-10/h3-4,8-9H,5-7H2,1-2H3. The summed E-state index contributed by atoms with van der Waals surface area (Å²) < 4.78 is 7.19. The number of aryl methyl sites for hydroxylation is 1. The summed E-state index contributed by atoms with van der Waals surface area (Å²) in [5.41, 5.74) is -0.0606. The third kappa shape index (κ3) is 2.52. The van der Waals surface area contributed by atoms with Gasteiger partial charge >= 0.3 is 0 Å². The van der Waals surface area contributed by atoms with Crippen LogP contribution in [-0.4, -0.2) is 40.2 Å². The Morgan fingerprint density at radius 1 is 1.65 bits per heavy atom. The Morgan fingerprint density at radius 2 is 2.41 bits per heavy atom. The molecule has 0 radical (unpaired) electrons. The number of hydrogen-bond donors (Lipinski definition) is 0. The first-order chi connectivity index (χ1) is 8.13. The molecule has 2 unspecified atom stereocenters. The zero-order chi connectivity index (χ0) is 12.4. The van der Waals surface area contributed by atoms with E-state index in [0.717, 1.165) is 5.33 Å². The van der Waals surface area contributed by atoms with Crippen LogP contribution in [-0.2, 0) is 11.8 Å². The minimum atomic E-state index is -0.0606. The van der Waals surface area contributed by atoms with E-state index in [4.69, 9.17) is 4.74 Å². The molecule has 1 fully saturated rings. The molecule has 0 spiro atoms. The van der Waals surface area contributed by atoms with Crippen molar-refractivity contribution in [1.29, 1.82) is 0 Å². The van der Waals surface area contributed by atoms with Crippen LogP contribution in [0.25, 0.3) is 0 Å². The lowest BCUT2D eigenvalue weighted by Crippen LogP contribution is -2.51. The van der Waals surface area contributed by atoms with Crippen molar-refractivity contribution < 1.29 is 4.74 Å². The van der Waals surface area contributed by atoms with Crippen LogP contribution in [0.5, 0.6) is 0 Å². The highest BCUT2D eigenvalue weighted by Crippen LogP contribution is 2.17. The Balaban J connectivity index is 2.31. The Bertz CT molecular complexity index is 449. The first kappa shape index (κ1) is 12.6. The van der Waals surface area contributed by atoms with Crippen molar-refractivity contribution in [3.8, 4) is 0 Å². The van der Waals surface area contributed by atoms with E-state index < -0.39 is 0 Å². The summed E-state index contributed by atoms with van der Waals surface area (Å²) in [6.45, 7) is 3.35. The second-order valence-electron chi connectivity index (χ2n) is 4.28. The van der Waals surface area contributed by atoms with Gasteiger partial charge < -0.3 is 14.2 Å². The second-order valence-corrected chi connectivity index (χ2v) is 4.93. The first-order valence-corrected chi connectivity index (χ1v) is 6.71. The zero-order valence-corrected chi connectivity index (χ0v) is 11.6. The minimum absolute atomic E-state index is 0.0606. The zero-order valence-electron chi connectivity index (χ0n) is 9.97. The highest BCUT2D eigenvalue weighted by molar-refractivity contribution is 9.09. The van der Waals surface area contributed by atoms with Crippen molar-refractivity contribution in [2.24, 2.45) is 7.05 Å². The van der Waals surface area contributed by atoms with E-state index in [9.17, 15) is 4.79 Å². The molecule has 1 saturated heterocycles. The summed E-state index contributed by atoms with van der Waals surface area (Å²) >= 11 is 3.41. The Hall–Kier alpha value is -0.880. The van der Waals surface area contributed by atoms with Crippen molar-refractivity contribution in [3.63, 3.8) is 0 Å². The predicted molar refractivity (Wildman–Crippen MR) is 69.8 cm³/mol. The number of ether oxygens (including phenoxy) is 1. The average molecular weight is 302 g/mol. The van der Waals surface area contributed by atoms with E-state index in [-0.39, 0.29) is 17.7 Å². The maximum atomic E-state index is 12.0. The topological polar surface area (TPSA) is 47.4 Å². The van der Waals surface area contributed by atoms with Gasteiger partial charge in [-0.2, -0.15) is 0 Å². The highest BCUT2D eigenvalue weighted by atomic mass is 79.9. The SMILES string of the molecule is CC1COC(CBr)CN1c1nccn(C)c1=O. The van der Waals surface area contributed by atoms with E-state index in [1.54, 1.807) is 24.0 Å². The maximum Gasteiger partial charge on any atom is 0.293 e. The molecule has 0 saturated carbocycles. The van der Waals surface area contributed by atoms with Crippen LogP contribution in [0.2, 0.25) is 0 Å². The first-order valence-electron chi connectivity index (χ1n) is 5.59. The number of rotatable bonds is 2. The molecular weight excluding hydrogens is 286 g/mol. The normalized spacial score (nSPS) is 25.0. The monoisotopic (exact) mass is 301 g/mol. The molecule has 0 aromatic carbocycles. The smallest absolute Gasteiger partial charge is 0.293 e. The number of aromatic nitrogens is 2. The van der Waals surface area contributed by atoms with Gasteiger partial charge in [0.15, 0.2) is 5.82 Å². The van der Waals surface area contributed by atoms with E-state index in [0.29, 0.717) is 19.0 Å². The van der Waals surface area contributed by atoms with Gasteiger partial charge in [-0.25, -0.2) is 4.98 Å². The number of halogens is 1. The highest BCUT2D eigenvalue weighted by Gasteiger charge is 2.28. The van der Waals surface area contributed by atoms with E-state index >= 15 is 0 Å². The quantitative estimate of drug-likeness (QED) is 0.757. The average Bonchev–Trinajstić information content (AvgIpc) is 2.34. The molecule has 1 aromatic rings. The molecule has 1 aliphatic rings. The second kappa shape index (κ2) is 5.18. The number of anilines is 1. The molecule has 94 valence electrons. The summed E-state index contributed by atoms with van der Waals surface area (Å²) in [5.74, 6) is 0.511. The number of alkyl halides is 1. The molecule has 2 heterocycles. The van der Waals surface area contributed by atoms with Crippen LogP contribution < -0.4 is 10.5 Å². The summed E-state index contributed by atoms with van der Waals surface area (Å²) in [4.78, 5) is 18.2. The summed E-state index contributed by atoms with van der Waals surface area (Å²) in [6, 6.07) is 0.174. The molecule has 1 aliphatic heterocycles. The third-order valence-corrected chi connectivity index (χ3v) is 3.67. The van der Waals surface area contributed by atoms with Gasteiger partial charge in [0.25, 0.3) is 5.56 Å². The van der Waals surface area contributed by atoms with Crippen molar-refractivity contribution in [1.82, 2.24) is 9.55 Å². The summed E-state index contributed by atoms with van der Waals surface area (Å²) in [6.07, 6.45) is 3.43. The molecule has 5 nitrogen and oxygen atoms in total. The molecular formula is C11H16BrN3O2. The molecule has 0 N–H and O–H groups in total. The largest absolute Gasteiger partial charge is 0.373 e. The van der Waals surface area contributed by atoms with E-state index in [1.807, 2.05) is 11.8 Å². The number of morpholine rings is 1. The van der Waals surface area contributed by atoms with Gasteiger partial charge in [0.1, 0.15) is 0 Å². The van der Waals surface area contributed by atoms with Gasteiger partial charge in [-0.1, -0.05) is 15.9 Å². The van der Waals surface area contributed by atoms with Gasteiger partial charge in [0, 0.05) is 31.3 Å². The molecule has 2 atom stereocenters. The van der Waals surface area contributed by atoms with E-state index in [1.165, 1.54) is 0 Å². The fourth-order valence-corrected chi connectivity index (χ4v) is 2.28. The fourth-order valence-electron chi connectivity index (χ4n) is 1.89. The lowest BCUT2D eigenvalue weighted by molar-refractivity contribution is 0.0375. The lowest BCUT2D eigenvalue weighted by atomic mass is 10.2. The lowest BCUT2D eigenvalue weighted by Gasteiger charge is -2.37. The summed E-state index contributed by atoms with van der Waals surface area (Å²) in [5, 5.41) is 0.767. The van der Waals surface area contributed by atoms with Crippen LogP contribution in [0.1, 0.15) is 6.92 Å². The van der Waals surface area contributed by atoms with Gasteiger partial charge in [-0.3, -0.25) is 4.79 Å².